The molecule has 0 spiro atoms. The van der Waals surface area contributed by atoms with Crippen molar-refractivity contribution < 1.29 is 9.18 Å². The van der Waals surface area contributed by atoms with Gasteiger partial charge >= 0.3 is 0 Å². The minimum Gasteiger partial charge on any atom is -0.294 e. The first-order valence-corrected chi connectivity index (χ1v) is 10.0. The Bertz CT molecular complexity index is 1150. The van der Waals surface area contributed by atoms with Crippen LogP contribution in [0.1, 0.15) is 11.3 Å². The standard InChI is InChI=1S/C20H14BrFN4OS/c21-15-5-3-14(4-6-15)18-11-26-17(12-28-20(26)24-18)9-19(27)25-23-10-13-1-7-16(22)8-2-13/h1-8,10-12H,9H2,(H,25,27)/b23-10+. The van der Waals surface area contributed by atoms with Gasteiger partial charge in [0.2, 0.25) is 5.91 Å². The maximum atomic E-state index is 12.9. The van der Waals surface area contributed by atoms with Crippen molar-refractivity contribution in [1.82, 2.24) is 14.8 Å². The Balaban J connectivity index is 1.44. The first-order valence-electron chi connectivity index (χ1n) is 8.37. The van der Waals surface area contributed by atoms with E-state index in [2.05, 4.69) is 31.4 Å². The third kappa shape index (κ3) is 4.18. The Labute approximate surface area is 172 Å². The SMILES string of the molecule is O=C(Cc1csc2nc(-c3ccc(Br)cc3)cn12)N/N=C/c1ccc(F)cc1. The van der Waals surface area contributed by atoms with Crippen LogP contribution < -0.4 is 5.43 Å². The van der Waals surface area contributed by atoms with E-state index in [1.165, 1.54) is 29.7 Å². The van der Waals surface area contributed by atoms with Crippen LogP contribution in [0.5, 0.6) is 0 Å². The fraction of sp³-hybridized carbons (Fsp3) is 0.0500. The Hall–Kier alpha value is -2.84. The van der Waals surface area contributed by atoms with Gasteiger partial charge in [0.15, 0.2) is 4.96 Å². The molecule has 0 radical (unpaired) electrons. The molecular formula is C20H14BrFN4OS. The van der Waals surface area contributed by atoms with Crippen molar-refractivity contribution in [2.75, 3.05) is 0 Å². The summed E-state index contributed by atoms with van der Waals surface area (Å²) in [6, 6.07) is 13.8. The Kier molecular flexibility index (Phi) is 5.31. The average molecular weight is 457 g/mol. The number of imidazole rings is 1. The number of hydrogen-bond donors (Lipinski definition) is 1. The summed E-state index contributed by atoms with van der Waals surface area (Å²) >= 11 is 4.91. The van der Waals surface area contributed by atoms with E-state index in [9.17, 15) is 9.18 Å². The summed E-state index contributed by atoms with van der Waals surface area (Å²) in [6.45, 7) is 0. The van der Waals surface area contributed by atoms with E-state index in [1.54, 1.807) is 12.1 Å². The minimum absolute atomic E-state index is 0.177. The van der Waals surface area contributed by atoms with Gasteiger partial charge in [0.1, 0.15) is 5.82 Å². The molecule has 1 N–H and O–H groups in total. The second-order valence-corrected chi connectivity index (χ2v) is 7.79. The first-order chi connectivity index (χ1) is 13.6. The molecule has 5 nitrogen and oxygen atoms in total. The van der Waals surface area contributed by atoms with Crippen molar-refractivity contribution in [3.63, 3.8) is 0 Å². The van der Waals surface area contributed by atoms with Gasteiger partial charge in [0.25, 0.3) is 0 Å². The normalized spacial score (nSPS) is 11.4. The molecule has 0 saturated carbocycles. The summed E-state index contributed by atoms with van der Waals surface area (Å²) in [6.07, 6.45) is 3.58. The van der Waals surface area contributed by atoms with Crippen LogP contribution in [0.4, 0.5) is 4.39 Å². The monoisotopic (exact) mass is 456 g/mol. The average Bonchev–Trinajstić information content (AvgIpc) is 3.26. The first kappa shape index (κ1) is 18.5. The molecule has 4 rings (SSSR count). The van der Waals surface area contributed by atoms with Crippen LogP contribution in [0, 0.1) is 5.82 Å². The van der Waals surface area contributed by atoms with E-state index >= 15 is 0 Å². The summed E-state index contributed by atoms with van der Waals surface area (Å²) < 4.78 is 15.8. The number of halogens is 2. The third-order valence-electron chi connectivity index (χ3n) is 4.04. The van der Waals surface area contributed by atoms with Gasteiger partial charge < -0.3 is 0 Å². The Morgan fingerprint density at radius 3 is 2.71 bits per heavy atom. The van der Waals surface area contributed by atoms with E-state index in [0.29, 0.717) is 5.56 Å². The predicted molar refractivity (Wildman–Crippen MR) is 112 cm³/mol. The van der Waals surface area contributed by atoms with Gasteiger partial charge in [-0.2, -0.15) is 5.10 Å². The van der Waals surface area contributed by atoms with Crippen LogP contribution in [0.3, 0.4) is 0 Å². The van der Waals surface area contributed by atoms with E-state index < -0.39 is 0 Å². The molecule has 0 saturated heterocycles. The number of benzene rings is 2. The van der Waals surface area contributed by atoms with Crippen molar-refractivity contribution in [3.05, 3.63) is 81.7 Å². The van der Waals surface area contributed by atoms with E-state index in [0.717, 1.165) is 26.4 Å². The summed E-state index contributed by atoms with van der Waals surface area (Å²) in [5, 5.41) is 5.83. The van der Waals surface area contributed by atoms with Crippen LogP contribution in [0.2, 0.25) is 0 Å². The third-order valence-corrected chi connectivity index (χ3v) is 5.46. The zero-order chi connectivity index (χ0) is 19.5. The second kappa shape index (κ2) is 8.04. The summed E-state index contributed by atoms with van der Waals surface area (Å²) in [5.41, 5.74) is 5.91. The van der Waals surface area contributed by atoms with E-state index in [-0.39, 0.29) is 18.1 Å². The van der Waals surface area contributed by atoms with Crippen molar-refractivity contribution in [2.24, 2.45) is 5.10 Å². The fourth-order valence-electron chi connectivity index (χ4n) is 2.65. The molecule has 28 heavy (non-hydrogen) atoms. The number of thiazole rings is 1. The van der Waals surface area contributed by atoms with Gasteiger partial charge in [-0.15, -0.1) is 11.3 Å². The largest absolute Gasteiger partial charge is 0.294 e. The Morgan fingerprint density at radius 2 is 1.96 bits per heavy atom. The predicted octanol–water partition coefficient (Wildman–Crippen LogP) is 4.66. The fourth-order valence-corrected chi connectivity index (χ4v) is 3.79. The number of nitrogens with zero attached hydrogens (tertiary/aromatic N) is 3. The molecule has 1 amide bonds. The highest BCUT2D eigenvalue weighted by molar-refractivity contribution is 9.10. The van der Waals surface area contributed by atoms with Crippen molar-refractivity contribution >= 4 is 44.3 Å². The smallest absolute Gasteiger partial charge is 0.246 e. The molecule has 0 aliphatic carbocycles. The molecule has 8 heteroatoms. The molecule has 2 aromatic carbocycles. The number of nitrogens with one attached hydrogen (secondary N) is 1. The lowest BCUT2D eigenvalue weighted by atomic mass is 10.2. The van der Waals surface area contributed by atoms with Crippen LogP contribution in [-0.2, 0) is 11.2 Å². The quantitative estimate of drug-likeness (QED) is 0.350. The molecule has 140 valence electrons. The molecule has 0 unspecified atom stereocenters. The molecule has 2 aromatic heterocycles. The number of hydrogen-bond acceptors (Lipinski definition) is 4. The zero-order valence-corrected chi connectivity index (χ0v) is 16.9. The van der Waals surface area contributed by atoms with Gasteiger partial charge in [-0.05, 0) is 29.8 Å². The second-order valence-electron chi connectivity index (χ2n) is 6.03. The van der Waals surface area contributed by atoms with Gasteiger partial charge in [0.05, 0.1) is 18.3 Å². The Morgan fingerprint density at radius 1 is 1.21 bits per heavy atom. The molecule has 0 aliphatic heterocycles. The maximum Gasteiger partial charge on any atom is 0.246 e. The molecule has 0 aliphatic rings. The van der Waals surface area contributed by atoms with E-state index in [4.69, 9.17) is 0 Å². The molecular weight excluding hydrogens is 443 g/mol. The van der Waals surface area contributed by atoms with Crippen LogP contribution in [0.15, 0.2) is 69.7 Å². The summed E-state index contributed by atoms with van der Waals surface area (Å²) in [7, 11) is 0. The summed E-state index contributed by atoms with van der Waals surface area (Å²) in [5.74, 6) is -0.553. The van der Waals surface area contributed by atoms with Crippen LogP contribution in [-0.4, -0.2) is 21.5 Å². The van der Waals surface area contributed by atoms with Gasteiger partial charge in [-0.3, -0.25) is 9.20 Å². The topological polar surface area (TPSA) is 58.8 Å². The van der Waals surface area contributed by atoms with Crippen molar-refractivity contribution in [1.29, 1.82) is 0 Å². The van der Waals surface area contributed by atoms with Crippen LogP contribution >= 0.6 is 27.3 Å². The highest BCUT2D eigenvalue weighted by Gasteiger charge is 2.12. The lowest BCUT2D eigenvalue weighted by molar-refractivity contribution is -0.120. The number of carbonyl (C=O) groups excluding carboxylic acids is 1. The molecule has 0 fully saturated rings. The molecule has 2 heterocycles. The lowest BCUT2D eigenvalue weighted by Gasteiger charge is -2.00. The number of carbonyl (C=O) groups is 1. The molecule has 0 bridgehead atoms. The van der Waals surface area contributed by atoms with Gasteiger partial charge in [-0.25, -0.2) is 14.8 Å². The number of hydrazone groups is 1. The number of amides is 1. The zero-order valence-electron chi connectivity index (χ0n) is 14.5. The van der Waals surface area contributed by atoms with E-state index in [1.807, 2.05) is 40.2 Å². The van der Waals surface area contributed by atoms with Crippen LogP contribution in [0.25, 0.3) is 16.2 Å². The van der Waals surface area contributed by atoms with Crippen molar-refractivity contribution in [3.8, 4) is 11.3 Å². The number of fused-ring (bicyclic) bond motifs is 1. The highest BCUT2D eigenvalue weighted by Crippen LogP contribution is 2.25. The molecule has 0 atom stereocenters. The highest BCUT2D eigenvalue weighted by atomic mass is 79.9. The minimum atomic E-state index is -0.314. The van der Waals surface area contributed by atoms with Gasteiger partial charge in [0, 0.05) is 27.3 Å². The number of aromatic nitrogens is 2. The lowest BCUT2D eigenvalue weighted by Crippen LogP contribution is -2.20. The molecule has 4 aromatic rings. The summed E-state index contributed by atoms with van der Waals surface area (Å²) in [4.78, 5) is 17.6. The van der Waals surface area contributed by atoms with Gasteiger partial charge in [-0.1, -0.05) is 40.2 Å². The number of rotatable bonds is 5. The maximum absolute atomic E-state index is 12.9. The van der Waals surface area contributed by atoms with Crippen molar-refractivity contribution in [2.45, 2.75) is 6.42 Å².